The number of aromatic hydroxyl groups is 1. The number of hydrogen-bond acceptors (Lipinski definition) is 7. The molecule has 1 fully saturated rings. The smallest absolute Gasteiger partial charge is 0.335 e. The van der Waals surface area contributed by atoms with Crippen LogP contribution in [0.2, 0.25) is 0 Å². The fourth-order valence-electron chi connectivity index (χ4n) is 2.40. The Morgan fingerprint density at radius 2 is 2.04 bits per heavy atom. The van der Waals surface area contributed by atoms with E-state index in [2.05, 4.69) is 4.74 Å². The highest BCUT2D eigenvalue weighted by atomic mass is 16.7. The Morgan fingerprint density at radius 1 is 1.30 bits per heavy atom. The third-order valence-electron chi connectivity index (χ3n) is 3.42. The fraction of sp³-hybridized carbons (Fsp3) is 0.500. The number of methoxy groups -OCH3 is 1. The largest absolute Gasteiger partial charge is 0.504 e. The van der Waals surface area contributed by atoms with Crippen LogP contribution in [-0.4, -0.2) is 42.7 Å². The second-order valence-electron chi connectivity index (χ2n) is 5.37. The third-order valence-corrected chi connectivity index (χ3v) is 3.42. The SMILES string of the molecule is COC(=O)C1CC(OC(C)=O)CC(Oc2ccc(C)cc2O)O1. The number of esters is 2. The topological polar surface area (TPSA) is 91.3 Å². The minimum absolute atomic E-state index is 0.0298. The number of carbonyl (C=O) groups is 2. The normalized spacial score (nSPS) is 23.9. The van der Waals surface area contributed by atoms with Crippen LogP contribution >= 0.6 is 0 Å². The molecule has 3 unspecified atom stereocenters. The average molecular weight is 324 g/mol. The summed E-state index contributed by atoms with van der Waals surface area (Å²) in [7, 11) is 1.25. The summed E-state index contributed by atoms with van der Waals surface area (Å²) in [5, 5.41) is 9.90. The van der Waals surface area contributed by atoms with Gasteiger partial charge in [0.2, 0.25) is 6.29 Å². The molecule has 2 rings (SSSR count). The van der Waals surface area contributed by atoms with Crippen molar-refractivity contribution in [2.45, 2.75) is 45.2 Å². The maximum absolute atomic E-state index is 11.7. The lowest BCUT2D eigenvalue weighted by Gasteiger charge is -2.33. The summed E-state index contributed by atoms with van der Waals surface area (Å²) in [5.74, 6) is -0.813. The molecule has 0 bridgehead atoms. The van der Waals surface area contributed by atoms with E-state index < -0.39 is 30.4 Å². The number of phenolic OH excluding ortho intramolecular Hbond substituents is 1. The summed E-state index contributed by atoms with van der Waals surface area (Å²) in [5.41, 5.74) is 0.879. The van der Waals surface area contributed by atoms with Crippen molar-refractivity contribution in [1.29, 1.82) is 0 Å². The van der Waals surface area contributed by atoms with Gasteiger partial charge in [0.25, 0.3) is 0 Å². The van der Waals surface area contributed by atoms with Gasteiger partial charge in [0.05, 0.1) is 7.11 Å². The van der Waals surface area contributed by atoms with Crippen LogP contribution in [0, 0.1) is 6.92 Å². The van der Waals surface area contributed by atoms with Crippen LogP contribution in [0.4, 0.5) is 0 Å². The van der Waals surface area contributed by atoms with Gasteiger partial charge in [0, 0.05) is 19.8 Å². The van der Waals surface area contributed by atoms with Crippen molar-refractivity contribution >= 4 is 11.9 Å². The van der Waals surface area contributed by atoms with E-state index in [1.54, 1.807) is 18.2 Å². The quantitative estimate of drug-likeness (QED) is 0.843. The lowest BCUT2D eigenvalue weighted by Crippen LogP contribution is -2.44. The number of benzene rings is 1. The van der Waals surface area contributed by atoms with Gasteiger partial charge in [0.1, 0.15) is 6.10 Å². The molecule has 7 nitrogen and oxygen atoms in total. The molecule has 1 N–H and O–H groups in total. The lowest BCUT2D eigenvalue weighted by molar-refractivity contribution is -0.204. The number of aryl methyl sites for hydroxylation is 1. The second kappa shape index (κ2) is 7.32. The maximum atomic E-state index is 11.7. The van der Waals surface area contributed by atoms with Crippen molar-refractivity contribution < 1.29 is 33.6 Å². The summed E-state index contributed by atoms with van der Waals surface area (Å²) >= 11 is 0. The van der Waals surface area contributed by atoms with Crippen molar-refractivity contribution in [3.63, 3.8) is 0 Å². The molecule has 7 heteroatoms. The minimum Gasteiger partial charge on any atom is -0.504 e. The van der Waals surface area contributed by atoms with Crippen LogP contribution in [0.5, 0.6) is 11.5 Å². The van der Waals surface area contributed by atoms with Crippen molar-refractivity contribution in [3.8, 4) is 11.5 Å². The molecule has 0 amide bonds. The fourth-order valence-corrected chi connectivity index (χ4v) is 2.40. The van der Waals surface area contributed by atoms with E-state index in [1.807, 2.05) is 6.92 Å². The van der Waals surface area contributed by atoms with E-state index in [-0.39, 0.29) is 24.3 Å². The first kappa shape index (κ1) is 17.1. The number of carbonyl (C=O) groups excluding carboxylic acids is 2. The number of rotatable bonds is 4. The molecule has 1 heterocycles. The van der Waals surface area contributed by atoms with Gasteiger partial charge in [-0.15, -0.1) is 0 Å². The monoisotopic (exact) mass is 324 g/mol. The number of phenols is 1. The van der Waals surface area contributed by atoms with Crippen molar-refractivity contribution in [2.24, 2.45) is 0 Å². The zero-order valence-electron chi connectivity index (χ0n) is 13.3. The predicted molar refractivity (Wildman–Crippen MR) is 78.9 cm³/mol. The molecule has 0 aromatic heterocycles. The molecule has 23 heavy (non-hydrogen) atoms. The van der Waals surface area contributed by atoms with Crippen LogP contribution in [0.15, 0.2) is 18.2 Å². The van der Waals surface area contributed by atoms with Gasteiger partial charge in [-0.2, -0.15) is 0 Å². The molecule has 0 radical (unpaired) electrons. The first-order valence-corrected chi connectivity index (χ1v) is 7.25. The summed E-state index contributed by atoms with van der Waals surface area (Å²) in [4.78, 5) is 22.9. The van der Waals surface area contributed by atoms with E-state index in [0.717, 1.165) is 5.56 Å². The zero-order chi connectivity index (χ0) is 17.0. The van der Waals surface area contributed by atoms with Crippen LogP contribution in [0.1, 0.15) is 25.3 Å². The summed E-state index contributed by atoms with van der Waals surface area (Å²) in [6, 6.07) is 4.94. The molecule has 0 spiro atoms. The van der Waals surface area contributed by atoms with Crippen LogP contribution in [0.3, 0.4) is 0 Å². The first-order valence-electron chi connectivity index (χ1n) is 7.25. The molecular formula is C16H20O7. The molecule has 1 saturated heterocycles. The highest BCUT2D eigenvalue weighted by Crippen LogP contribution is 2.31. The number of hydrogen-bond donors (Lipinski definition) is 1. The molecule has 3 atom stereocenters. The van der Waals surface area contributed by atoms with Gasteiger partial charge >= 0.3 is 11.9 Å². The van der Waals surface area contributed by atoms with Gasteiger partial charge in [0.15, 0.2) is 17.6 Å². The van der Waals surface area contributed by atoms with Crippen LogP contribution in [0.25, 0.3) is 0 Å². The summed E-state index contributed by atoms with van der Waals surface area (Å²) in [6.45, 7) is 3.13. The van der Waals surface area contributed by atoms with E-state index in [1.165, 1.54) is 14.0 Å². The van der Waals surface area contributed by atoms with Crippen molar-refractivity contribution in [2.75, 3.05) is 7.11 Å². The second-order valence-corrected chi connectivity index (χ2v) is 5.37. The molecule has 126 valence electrons. The molecular weight excluding hydrogens is 304 g/mol. The third kappa shape index (κ3) is 4.59. The van der Waals surface area contributed by atoms with Gasteiger partial charge < -0.3 is 24.1 Å². The van der Waals surface area contributed by atoms with Gasteiger partial charge in [-0.25, -0.2) is 4.79 Å². The van der Waals surface area contributed by atoms with Crippen molar-refractivity contribution in [3.05, 3.63) is 23.8 Å². The molecule has 0 aliphatic carbocycles. The van der Waals surface area contributed by atoms with Crippen LogP contribution in [-0.2, 0) is 23.8 Å². The predicted octanol–water partition coefficient (Wildman–Crippen LogP) is 1.69. The standard InChI is InChI=1S/C16H20O7/c1-9-4-5-13(12(18)6-9)22-15-8-11(21-10(2)17)7-14(23-15)16(19)20-3/h4-6,11,14-15,18H,7-8H2,1-3H3. The molecule has 0 saturated carbocycles. The number of ether oxygens (including phenoxy) is 4. The van der Waals surface area contributed by atoms with Gasteiger partial charge in [-0.05, 0) is 24.6 Å². The van der Waals surface area contributed by atoms with Gasteiger partial charge in [-0.1, -0.05) is 6.07 Å². The Labute approximate surface area is 134 Å². The van der Waals surface area contributed by atoms with Crippen molar-refractivity contribution in [1.82, 2.24) is 0 Å². The molecule has 1 aliphatic heterocycles. The van der Waals surface area contributed by atoms with E-state index in [4.69, 9.17) is 14.2 Å². The van der Waals surface area contributed by atoms with E-state index in [9.17, 15) is 14.7 Å². The highest BCUT2D eigenvalue weighted by Gasteiger charge is 2.37. The minimum atomic E-state index is -0.893. The zero-order valence-corrected chi connectivity index (χ0v) is 13.3. The van der Waals surface area contributed by atoms with E-state index in [0.29, 0.717) is 0 Å². The van der Waals surface area contributed by atoms with Gasteiger partial charge in [-0.3, -0.25) is 4.79 Å². The maximum Gasteiger partial charge on any atom is 0.335 e. The summed E-state index contributed by atoms with van der Waals surface area (Å²) in [6.07, 6.45) is -1.81. The Morgan fingerprint density at radius 3 is 2.65 bits per heavy atom. The lowest BCUT2D eigenvalue weighted by atomic mass is 10.0. The molecule has 1 aromatic carbocycles. The van der Waals surface area contributed by atoms with Crippen LogP contribution < -0.4 is 4.74 Å². The Bertz CT molecular complexity index is 584. The van der Waals surface area contributed by atoms with E-state index >= 15 is 0 Å². The molecule has 1 aliphatic rings. The Hall–Kier alpha value is -2.28. The highest BCUT2D eigenvalue weighted by molar-refractivity contribution is 5.74. The first-order chi connectivity index (χ1) is 10.9. The summed E-state index contributed by atoms with van der Waals surface area (Å²) < 4.78 is 21.0. The average Bonchev–Trinajstić information content (AvgIpc) is 2.48. The Kier molecular flexibility index (Phi) is 5.44. The Balaban J connectivity index is 2.11. The molecule has 1 aromatic rings.